The molecule has 0 saturated heterocycles. The molecule has 0 aliphatic rings. The summed E-state index contributed by atoms with van der Waals surface area (Å²) < 4.78 is 2.22. The van der Waals surface area contributed by atoms with Gasteiger partial charge in [-0.1, -0.05) is 12.1 Å². The van der Waals surface area contributed by atoms with Gasteiger partial charge in [0.1, 0.15) is 5.78 Å². The van der Waals surface area contributed by atoms with Crippen LogP contribution < -0.4 is 0 Å². The van der Waals surface area contributed by atoms with E-state index in [9.17, 15) is 4.79 Å². The number of carbonyl (C=O) groups excluding carboxylic acids is 1. The molecule has 1 aromatic heterocycles. The van der Waals surface area contributed by atoms with Crippen LogP contribution in [0.2, 0.25) is 0 Å². The Bertz CT molecular complexity index is 578. The van der Waals surface area contributed by atoms with Gasteiger partial charge in [0.25, 0.3) is 0 Å². The van der Waals surface area contributed by atoms with Crippen LogP contribution >= 0.6 is 0 Å². The third-order valence-corrected chi connectivity index (χ3v) is 3.51. The van der Waals surface area contributed by atoms with Gasteiger partial charge in [-0.2, -0.15) is 0 Å². The summed E-state index contributed by atoms with van der Waals surface area (Å²) in [6.07, 6.45) is 1.48. The van der Waals surface area contributed by atoms with Gasteiger partial charge in [-0.05, 0) is 44.4 Å². The molecule has 0 saturated carbocycles. The van der Waals surface area contributed by atoms with Crippen LogP contribution in [0.4, 0.5) is 0 Å². The first kappa shape index (κ1) is 11.9. The lowest BCUT2D eigenvalue weighted by atomic mass is 10.0. The fourth-order valence-corrected chi connectivity index (χ4v) is 2.37. The Hall–Kier alpha value is -1.57. The van der Waals surface area contributed by atoms with Gasteiger partial charge in [0.2, 0.25) is 0 Å². The fraction of sp³-hybridized carbons (Fsp3) is 0.400. The van der Waals surface area contributed by atoms with E-state index >= 15 is 0 Å². The van der Waals surface area contributed by atoms with Crippen molar-refractivity contribution < 1.29 is 4.79 Å². The average Bonchev–Trinajstić information content (AvgIpc) is 2.50. The summed E-state index contributed by atoms with van der Waals surface area (Å²) in [6, 6.07) is 6.52. The smallest absolute Gasteiger partial charge is 0.130 e. The summed E-state index contributed by atoms with van der Waals surface area (Å²) in [7, 11) is 2.09. The molecule has 0 amide bonds. The van der Waals surface area contributed by atoms with Crippen molar-refractivity contribution >= 4 is 16.7 Å². The number of Topliss-reactive ketones (excluding diaryl/α,β-unsaturated/α-hetero) is 1. The van der Waals surface area contributed by atoms with Gasteiger partial charge < -0.3 is 9.36 Å². The Morgan fingerprint density at radius 3 is 2.65 bits per heavy atom. The zero-order chi connectivity index (χ0) is 12.6. The molecule has 2 rings (SSSR count). The molecular formula is C15H19NO. The molecule has 17 heavy (non-hydrogen) atoms. The van der Waals surface area contributed by atoms with Crippen molar-refractivity contribution in [3.8, 4) is 0 Å². The van der Waals surface area contributed by atoms with Crippen LogP contribution in [0.1, 0.15) is 30.2 Å². The molecule has 0 unspecified atom stereocenters. The van der Waals surface area contributed by atoms with E-state index in [0.717, 1.165) is 6.42 Å². The largest absolute Gasteiger partial charge is 0.348 e. The second-order valence-corrected chi connectivity index (χ2v) is 4.85. The van der Waals surface area contributed by atoms with E-state index in [1.165, 1.54) is 27.7 Å². The number of hydrogen-bond donors (Lipinski definition) is 0. The third-order valence-electron chi connectivity index (χ3n) is 3.51. The van der Waals surface area contributed by atoms with E-state index in [2.05, 4.69) is 43.7 Å². The summed E-state index contributed by atoms with van der Waals surface area (Å²) in [5.41, 5.74) is 5.13. The first-order valence-corrected chi connectivity index (χ1v) is 6.04. The fourth-order valence-electron chi connectivity index (χ4n) is 2.37. The lowest BCUT2D eigenvalue weighted by Gasteiger charge is -2.00. The molecule has 1 aromatic carbocycles. The number of ketones is 1. The van der Waals surface area contributed by atoms with Crippen LogP contribution in [0, 0.1) is 13.8 Å². The zero-order valence-electron chi connectivity index (χ0n) is 11.0. The molecule has 0 radical (unpaired) electrons. The van der Waals surface area contributed by atoms with Gasteiger partial charge in [-0.3, -0.25) is 0 Å². The Balaban J connectivity index is 2.54. The normalized spacial score (nSPS) is 11.1. The molecule has 2 nitrogen and oxygen atoms in total. The van der Waals surface area contributed by atoms with E-state index in [-0.39, 0.29) is 5.78 Å². The number of fused-ring (bicyclic) bond motifs is 1. The summed E-state index contributed by atoms with van der Waals surface area (Å²) >= 11 is 0. The summed E-state index contributed by atoms with van der Waals surface area (Å²) in [5.74, 6) is 0.258. The quantitative estimate of drug-likeness (QED) is 0.791. The van der Waals surface area contributed by atoms with E-state index < -0.39 is 0 Å². The molecule has 0 spiro atoms. The minimum absolute atomic E-state index is 0.258. The van der Waals surface area contributed by atoms with Gasteiger partial charge in [0.15, 0.2) is 0 Å². The van der Waals surface area contributed by atoms with Crippen molar-refractivity contribution in [1.82, 2.24) is 4.57 Å². The summed E-state index contributed by atoms with van der Waals surface area (Å²) in [6.45, 7) is 5.90. The van der Waals surface area contributed by atoms with Gasteiger partial charge in [0, 0.05) is 30.1 Å². The average molecular weight is 229 g/mol. The lowest BCUT2D eigenvalue weighted by Crippen LogP contribution is -1.96. The highest BCUT2D eigenvalue weighted by atomic mass is 16.1. The highest BCUT2D eigenvalue weighted by molar-refractivity contribution is 5.87. The van der Waals surface area contributed by atoms with Crippen LogP contribution in [-0.4, -0.2) is 10.4 Å². The Morgan fingerprint density at radius 2 is 2.00 bits per heavy atom. The number of aryl methyl sites for hydroxylation is 3. The van der Waals surface area contributed by atoms with E-state index in [4.69, 9.17) is 0 Å². The predicted molar refractivity (Wildman–Crippen MR) is 71.4 cm³/mol. The molecule has 2 heteroatoms. The summed E-state index contributed by atoms with van der Waals surface area (Å²) in [4.78, 5) is 11.1. The predicted octanol–water partition coefficient (Wildman–Crippen LogP) is 3.32. The molecule has 2 aromatic rings. The number of hydrogen-bond acceptors (Lipinski definition) is 1. The van der Waals surface area contributed by atoms with Crippen LogP contribution in [0.15, 0.2) is 18.2 Å². The van der Waals surface area contributed by atoms with Crippen molar-refractivity contribution in [2.75, 3.05) is 0 Å². The molecule has 0 N–H and O–H groups in total. The maximum absolute atomic E-state index is 11.1. The topological polar surface area (TPSA) is 22.0 Å². The van der Waals surface area contributed by atoms with Crippen LogP contribution in [0.25, 0.3) is 10.9 Å². The first-order chi connectivity index (χ1) is 8.00. The maximum atomic E-state index is 11.1. The molecule has 0 fully saturated rings. The van der Waals surface area contributed by atoms with Crippen molar-refractivity contribution in [3.63, 3.8) is 0 Å². The van der Waals surface area contributed by atoms with Crippen molar-refractivity contribution in [2.45, 2.75) is 33.6 Å². The number of rotatable bonds is 3. The monoisotopic (exact) mass is 229 g/mol. The van der Waals surface area contributed by atoms with Gasteiger partial charge >= 0.3 is 0 Å². The van der Waals surface area contributed by atoms with Gasteiger partial charge in [-0.25, -0.2) is 0 Å². The third kappa shape index (κ3) is 2.12. The van der Waals surface area contributed by atoms with Crippen molar-refractivity contribution in [1.29, 1.82) is 0 Å². The number of aromatic nitrogens is 1. The summed E-state index contributed by atoms with van der Waals surface area (Å²) in [5, 5.41) is 1.29. The van der Waals surface area contributed by atoms with Gasteiger partial charge in [-0.15, -0.1) is 0 Å². The molecule has 0 aliphatic heterocycles. The standard InChI is InChI=1S/C15H19NO/c1-10-5-7-14-13(8-6-11(2)17)12(3)16(4)15(14)9-10/h5,7,9H,6,8H2,1-4H3. The molecule has 0 aliphatic carbocycles. The highest BCUT2D eigenvalue weighted by Gasteiger charge is 2.12. The number of carbonyl (C=O) groups is 1. The van der Waals surface area contributed by atoms with E-state index in [1.807, 2.05) is 0 Å². The van der Waals surface area contributed by atoms with Crippen LogP contribution in [-0.2, 0) is 18.3 Å². The lowest BCUT2D eigenvalue weighted by molar-refractivity contribution is -0.116. The SMILES string of the molecule is CC(=O)CCc1c(C)n(C)c2cc(C)ccc12. The minimum Gasteiger partial charge on any atom is -0.348 e. The highest BCUT2D eigenvalue weighted by Crippen LogP contribution is 2.26. The Labute approximate surface area is 102 Å². The van der Waals surface area contributed by atoms with E-state index in [0.29, 0.717) is 6.42 Å². The zero-order valence-corrected chi connectivity index (χ0v) is 11.0. The molecular weight excluding hydrogens is 210 g/mol. The molecule has 1 heterocycles. The Morgan fingerprint density at radius 1 is 1.29 bits per heavy atom. The van der Waals surface area contributed by atoms with Crippen molar-refractivity contribution in [3.05, 3.63) is 35.0 Å². The van der Waals surface area contributed by atoms with Crippen LogP contribution in [0.5, 0.6) is 0 Å². The molecule has 0 atom stereocenters. The first-order valence-electron chi connectivity index (χ1n) is 6.04. The second kappa shape index (κ2) is 4.36. The van der Waals surface area contributed by atoms with E-state index in [1.54, 1.807) is 6.92 Å². The van der Waals surface area contributed by atoms with Crippen LogP contribution in [0.3, 0.4) is 0 Å². The molecule has 90 valence electrons. The second-order valence-electron chi connectivity index (χ2n) is 4.85. The number of benzene rings is 1. The van der Waals surface area contributed by atoms with Gasteiger partial charge in [0.05, 0.1) is 0 Å². The van der Waals surface area contributed by atoms with Crippen molar-refractivity contribution in [2.24, 2.45) is 7.05 Å². The minimum atomic E-state index is 0.258. The molecule has 0 bridgehead atoms. The maximum Gasteiger partial charge on any atom is 0.130 e. The number of nitrogens with zero attached hydrogens (tertiary/aromatic N) is 1. The Kier molecular flexibility index (Phi) is 3.05.